The van der Waals surface area contributed by atoms with Crippen molar-refractivity contribution in [3.05, 3.63) is 29.8 Å². The van der Waals surface area contributed by atoms with Gasteiger partial charge in [0, 0.05) is 30.3 Å². The van der Waals surface area contributed by atoms with E-state index in [0.717, 1.165) is 32.4 Å². The highest BCUT2D eigenvalue weighted by atomic mass is 16.2. The minimum atomic E-state index is 0.0114. The number of amides is 2. The van der Waals surface area contributed by atoms with E-state index in [1.54, 1.807) is 11.0 Å². The summed E-state index contributed by atoms with van der Waals surface area (Å²) < 4.78 is 0. The fourth-order valence-corrected chi connectivity index (χ4v) is 3.85. The number of piperidine rings is 1. The molecule has 1 aliphatic heterocycles. The number of nitrogens with one attached hydrogen (secondary N) is 2. The Labute approximate surface area is 143 Å². The van der Waals surface area contributed by atoms with Crippen LogP contribution < -0.4 is 10.6 Å². The number of hydrogen-bond acceptors (Lipinski definition) is 3. The summed E-state index contributed by atoms with van der Waals surface area (Å²) in [7, 11) is 0. The van der Waals surface area contributed by atoms with E-state index in [2.05, 4.69) is 10.6 Å². The van der Waals surface area contributed by atoms with Gasteiger partial charge in [-0.1, -0.05) is 6.07 Å². The minimum Gasteiger partial charge on any atom is -0.339 e. The summed E-state index contributed by atoms with van der Waals surface area (Å²) in [5, 5.41) is 6.37. The SMILES string of the molecule is CCN(CC)C(=O)c1cccc(NC(=O)C2CC23CCNCC3)c1. The zero-order valence-electron chi connectivity index (χ0n) is 14.6. The Morgan fingerprint density at radius 1 is 1.25 bits per heavy atom. The first-order valence-electron chi connectivity index (χ1n) is 9.00. The monoisotopic (exact) mass is 329 g/mol. The molecule has 1 spiro atoms. The van der Waals surface area contributed by atoms with E-state index in [9.17, 15) is 9.59 Å². The second-order valence-electron chi connectivity index (χ2n) is 6.92. The summed E-state index contributed by atoms with van der Waals surface area (Å²) >= 11 is 0. The molecule has 5 nitrogen and oxygen atoms in total. The van der Waals surface area contributed by atoms with Gasteiger partial charge >= 0.3 is 0 Å². The lowest BCUT2D eigenvalue weighted by molar-refractivity contribution is -0.118. The van der Waals surface area contributed by atoms with E-state index < -0.39 is 0 Å². The molecule has 3 rings (SSSR count). The van der Waals surface area contributed by atoms with Crippen LogP contribution in [0.5, 0.6) is 0 Å². The van der Waals surface area contributed by atoms with Gasteiger partial charge in [0.2, 0.25) is 5.91 Å². The summed E-state index contributed by atoms with van der Waals surface area (Å²) in [5.41, 5.74) is 1.57. The minimum absolute atomic E-state index is 0.0114. The van der Waals surface area contributed by atoms with Crippen LogP contribution in [0.3, 0.4) is 0 Å². The molecular weight excluding hydrogens is 302 g/mol. The topological polar surface area (TPSA) is 61.4 Å². The van der Waals surface area contributed by atoms with Crippen LogP contribution in [0.1, 0.15) is 43.5 Å². The van der Waals surface area contributed by atoms with Crippen LogP contribution in [0.25, 0.3) is 0 Å². The van der Waals surface area contributed by atoms with Crippen LogP contribution in [0.4, 0.5) is 5.69 Å². The smallest absolute Gasteiger partial charge is 0.253 e. The Morgan fingerprint density at radius 2 is 1.96 bits per heavy atom. The molecule has 0 radical (unpaired) electrons. The number of carbonyl (C=O) groups is 2. The van der Waals surface area contributed by atoms with Crippen LogP contribution in [-0.2, 0) is 4.79 Å². The molecule has 1 aromatic rings. The molecule has 1 aliphatic carbocycles. The summed E-state index contributed by atoms with van der Waals surface area (Å²) in [6, 6.07) is 7.28. The normalized spacial score (nSPS) is 21.3. The van der Waals surface area contributed by atoms with Crippen molar-refractivity contribution in [2.75, 3.05) is 31.5 Å². The van der Waals surface area contributed by atoms with Crippen molar-refractivity contribution >= 4 is 17.5 Å². The molecule has 1 saturated heterocycles. The molecule has 2 amide bonds. The van der Waals surface area contributed by atoms with Crippen molar-refractivity contribution < 1.29 is 9.59 Å². The Bertz CT molecular complexity index is 619. The van der Waals surface area contributed by atoms with Gasteiger partial charge < -0.3 is 15.5 Å². The molecule has 2 fully saturated rings. The first-order chi connectivity index (χ1) is 11.6. The fraction of sp³-hybridized carbons (Fsp3) is 0.579. The molecule has 1 heterocycles. The van der Waals surface area contributed by atoms with E-state index in [-0.39, 0.29) is 23.1 Å². The lowest BCUT2D eigenvalue weighted by Crippen LogP contribution is -2.32. The van der Waals surface area contributed by atoms with Gasteiger partial charge in [0.25, 0.3) is 5.91 Å². The summed E-state index contributed by atoms with van der Waals surface area (Å²) in [5.74, 6) is 0.239. The molecule has 1 aromatic carbocycles. The molecule has 1 atom stereocenters. The number of carbonyl (C=O) groups excluding carboxylic acids is 2. The highest BCUT2D eigenvalue weighted by Gasteiger charge is 2.57. The van der Waals surface area contributed by atoms with Gasteiger partial charge in [0.1, 0.15) is 0 Å². The Kier molecular flexibility index (Phi) is 4.90. The zero-order chi connectivity index (χ0) is 17.2. The van der Waals surface area contributed by atoms with Gasteiger partial charge in [-0.2, -0.15) is 0 Å². The van der Waals surface area contributed by atoms with Crippen molar-refractivity contribution in [2.24, 2.45) is 11.3 Å². The number of nitrogens with zero attached hydrogens (tertiary/aromatic N) is 1. The average molecular weight is 329 g/mol. The first-order valence-corrected chi connectivity index (χ1v) is 9.00. The zero-order valence-corrected chi connectivity index (χ0v) is 14.6. The van der Waals surface area contributed by atoms with E-state index in [0.29, 0.717) is 24.3 Å². The molecule has 2 aliphatic rings. The molecule has 1 saturated carbocycles. The van der Waals surface area contributed by atoms with Gasteiger partial charge in [-0.15, -0.1) is 0 Å². The standard InChI is InChI=1S/C19H27N3O2/c1-3-22(4-2)18(24)14-6-5-7-15(12-14)21-17(23)16-13-19(16)8-10-20-11-9-19/h5-7,12,16,20H,3-4,8-11,13H2,1-2H3,(H,21,23). The van der Waals surface area contributed by atoms with Crippen LogP contribution in [-0.4, -0.2) is 42.9 Å². The van der Waals surface area contributed by atoms with Crippen molar-refractivity contribution in [3.63, 3.8) is 0 Å². The Morgan fingerprint density at radius 3 is 2.62 bits per heavy atom. The number of hydrogen-bond donors (Lipinski definition) is 2. The quantitative estimate of drug-likeness (QED) is 0.872. The third-order valence-corrected chi connectivity index (χ3v) is 5.53. The van der Waals surface area contributed by atoms with Crippen LogP contribution in [0.15, 0.2) is 24.3 Å². The van der Waals surface area contributed by atoms with E-state index in [4.69, 9.17) is 0 Å². The van der Waals surface area contributed by atoms with Gasteiger partial charge in [-0.3, -0.25) is 9.59 Å². The molecule has 0 bridgehead atoms. The largest absolute Gasteiger partial charge is 0.339 e. The van der Waals surface area contributed by atoms with Crippen LogP contribution >= 0.6 is 0 Å². The Hall–Kier alpha value is -1.88. The Balaban J connectivity index is 1.65. The third-order valence-electron chi connectivity index (χ3n) is 5.53. The summed E-state index contributed by atoms with van der Waals surface area (Å²) in [4.78, 5) is 26.8. The molecule has 130 valence electrons. The van der Waals surface area contributed by atoms with E-state index >= 15 is 0 Å². The summed E-state index contributed by atoms with van der Waals surface area (Å²) in [6.07, 6.45) is 3.18. The summed E-state index contributed by atoms with van der Waals surface area (Å²) in [6.45, 7) is 7.33. The molecule has 0 aromatic heterocycles. The van der Waals surface area contributed by atoms with Crippen molar-refractivity contribution in [3.8, 4) is 0 Å². The fourth-order valence-electron chi connectivity index (χ4n) is 3.85. The maximum atomic E-state index is 12.5. The van der Waals surface area contributed by atoms with Crippen molar-refractivity contribution in [2.45, 2.75) is 33.1 Å². The van der Waals surface area contributed by atoms with Gasteiger partial charge in [-0.25, -0.2) is 0 Å². The number of rotatable bonds is 5. The predicted molar refractivity (Wildman–Crippen MR) is 95.0 cm³/mol. The second kappa shape index (κ2) is 6.93. The second-order valence-corrected chi connectivity index (χ2v) is 6.92. The van der Waals surface area contributed by atoms with Crippen molar-refractivity contribution in [1.82, 2.24) is 10.2 Å². The number of anilines is 1. The number of benzene rings is 1. The van der Waals surface area contributed by atoms with Gasteiger partial charge in [0.15, 0.2) is 0 Å². The van der Waals surface area contributed by atoms with E-state index in [1.807, 2.05) is 32.0 Å². The van der Waals surface area contributed by atoms with Crippen LogP contribution in [0.2, 0.25) is 0 Å². The lowest BCUT2D eigenvalue weighted by atomic mass is 9.92. The van der Waals surface area contributed by atoms with E-state index in [1.165, 1.54) is 0 Å². The maximum absolute atomic E-state index is 12.5. The average Bonchev–Trinajstić information content (AvgIpc) is 3.30. The predicted octanol–water partition coefficient (Wildman–Crippen LogP) is 2.50. The molecule has 1 unspecified atom stereocenters. The van der Waals surface area contributed by atoms with Crippen molar-refractivity contribution in [1.29, 1.82) is 0 Å². The van der Waals surface area contributed by atoms with Gasteiger partial charge in [-0.05, 0) is 69.8 Å². The van der Waals surface area contributed by atoms with Crippen LogP contribution in [0, 0.1) is 11.3 Å². The highest BCUT2D eigenvalue weighted by molar-refractivity contribution is 5.98. The molecule has 5 heteroatoms. The highest BCUT2D eigenvalue weighted by Crippen LogP contribution is 2.58. The third kappa shape index (κ3) is 3.31. The molecule has 24 heavy (non-hydrogen) atoms. The lowest BCUT2D eigenvalue weighted by Gasteiger charge is -2.23. The maximum Gasteiger partial charge on any atom is 0.253 e. The molecular formula is C19H27N3O2. The molecule has 2 N–H and O–H groups in total. The van der Waals surface area contributed by atoms with Gasteiger partial charge in [0.05, 0.1) is 0 Å². The first kappa shape index (κ1) is 17.0.